The number of hydrogen-bond acceptors (Lipinski definition) is 5. The van der Waals surface area contributed by atoms with Gasteiger partial charge in [-0.25, -0.2) is 9.37 Å². The minimum Gasteiger partial charge on any atom is -0.497 e. The first-order valence-electron chi connectivity index (χ1n) is 9.85. The van der Waals surface area contributed by atoms with E-state index >= 15 is 0 Å². The van der Waals surface area contributed by atoms with Crippen LogP contribution in [0.5, 0.6) is 5.75 Å². The normalized spacial score (nSPS) is 11.0. The summed E-state index contributed by atoms with van der Waals surface area (Å²) in [5.41, 5.74) is 2.78. The first-order valence-corrected chi connectivity index (χ1v) is 10.8. The van der Waals surface area contributed by atoms with E-state index in [0.29, 0.717) is 28.4 Å². The predicted octanol–water partition coefficient (Wildman–Crippen LogP) is 3.58. The number of fused-ring (bicyclic) bond motifs is 1. The zero-order valence-electron chi connectivity index (χ0n) is 17.5. The number of hydrogen-bond donors (Lipinski definition) is 2. The van der Waals surface area contributed by atoms with Gasteiger partial charge in [-0.15, -0.1) is 0 Å². The second-order valence-corrected chi connectivity index (χ2v) is 8.08. The molecule has 164 valence electrons. The number of carbonyl (C=O) groups is 1. The van der Waals surface area contributed by atoms with E-state index in [1.54, 1.807) is 13.2 Å². The summed E-state index contributed by atoms with van der Waals surface area (Å²) in [6.45, 7) is 2.21. The van der Waals surface area contributed by atoms with Gasteiger partial charge in [0, 0.05) is 12.2 Å². The minimum absolute atomic E-state index is 0.0682. The number of benzene rings is 2. The molecule has 0 aliphatic carbocycles. The van der Waals surface area contributed by atoms with E-state index in [0.717, 1.165) is 28.8 Å². The summed E-state index contributed by atoms with van der Waals surface area (Å²) in [7, 11) is 1.60. The highest BCUT2D eigenvalue weighted by atomic mass is 32.2. The van der Waals surface area contributed by atoms with Crippen molar-refractivity contribution in [2.45, 2.75) is 18.6 Å². The van der Waals surface area contributed by atoms with Crippen LogP contribution in [-0.2, 0) is 11.3 Å². The van der Waals surface area contributed by atoms with Crippen molar-refractivity contribution in [3.05, 3.63) is 82.0 Å². The van der Waals surface area contributed by atoms with Gasteiger partial charge in [0.2, 0.25) is 5.91 Å². The molecule has 4 rings (SSSR count). The van der Waals surface area contributed by atoms with E-state index in [9.17, 15) is 14.0 Å². The monoisotopic (exact) mass is 452 g/mol. The van der Waals surface area contributed by atoms with Gasteiger partial charge in [0.05, 0.1) is 24.1 Å². The van der Waals surface area contributed by atoms with Crippen molar-refractivity contribution in [1.82, 2.24) is 19.9 Å². The van der Waals surface area contributed by atoms with Gasteiger partial charge in [0.1, 0.15) is 17.1 Å². The van der Waals surface area contributed by atoms with E-state index in [-0.39, 0.29) is 17.2 Å². The highest BCUT2D eigenvalue weighted by Gasteiger charge is 2.16. The van der Waals surface area contributed by atoms with Crippen LogP contribution >= 0.6 is 11.8 Å². The summed E-state index contributed by atoms with van der Waals surface area (Å²) < 4.78 is 19.9. The van der Waals surface area contributed by atoms with Crippen molar-refractivity contribution in [1.29, 1.82) is 0 Å². The van der Waals surface area contributed by atoms with E-state index in [4.69, 9.17) is 4.74 Å². The molecule has 0 saturated carbocycles. The Labute approximate surface area is 187 Å². The largest absolute Gasteiger partial charge is 0.497 e. The van der Waals surface area contributed by atoms with Crippen LogP contribution in [0.25, 0.3) is 16.7 Å². The average molecular weight is 453 g/mol. The number of methoxy groups -OCH3 is 1. The number of ether oxygens (including phenoxy) is 1. The predicted molar refractivity (Wildman–Crippen MR) is 122 cm³/mol. The third kappa shape index (κ3) is 4.67. The number of halogens is 1. The molecule has 0 atom stereocenters. The summed E-state index contributed by atoms with van der Waals surface area (Å²) in [6.07, 6.45) is 0. The maximum absolute atomic E-state index is 13.4. The van der Waals surface area contributed by atoms with Crippen LogP contribution in [0.2, 0.25) is 0 Å². The summed E-state index contributed by atoms with van der Waals surface area (Å²) in [5.74, 6) is 0.212. The summed E-state index contributed by atoms with van der Waals surface area (Å²) >= 11 is 1.15. The molecule has 2 aromatic heterocycles. The van der Waals surface area contributed by atoms with Gasteiger partial charge in [-0.1, -0.05) is 23.9 Å². The number of aromatic amines is 1. The van der Waals surface area contributed by atoms with Crippen molar-refractivity contribution >= 4 is 28.7 Å². The van der Waals surface area contributed by atoms with Crippen LogP contribution in [0.15, 0.2) is 64.5 Å². The standard InChI is InChI=1S/C23H21FN4O3S/c1-14-11-19-21(26-14)22(30)28(17-7-5-16(24)6-8-17)23(27-19)32-13-20(29)25-12-15-3-9-18(31-2)10-4-15/h3-11,26H,12-13H2,1-2H3,(H,25,29). The summed E-state index contributed by atoms with van der Waals surface area (Å²) in [6, 6.07) is 14.8. The fourth-order valence-corrected chi connectivity index (χ4v) is 4.06. The quantitative estimate of drug-likeness (QED) is 0.331. The van der Waals surface area contributed by atoms with Crippen LogP contribution in [0.3, 0.4) is 0 Å². The molecule has 1 amide bonds. The molecule has 7 nitrogen and oxygen atoms in total. The molecule has 2 aromatic carbocycles. The van der Waals surface area contributed by atoms with Crippen molar-refractivity contribution in [3.63, 3.8) is 0 Å². The van der Waals surface area contributed by atoms with E-state index in [2.05, 4.69) is 15.3 Å². The van der Waals surface area contributed by atoms with Crippen molar-refractivity contribution in [2.24, 2.45) is 0 Å². The van der Waals surface area contributed by atoms with Crippen LogP contribution < -0.4 is 15.6 Å². The topological polar surface area (TPSA) is 89.0 Å². The number of carbonyl (C=O) groups excluding carboxylic acids is 1. The second kappa shape index (κ2) is 9.27. The Morgan fingerprint density at radius 1 is 1.19 bits per heavy atom. The summed E-state index contributed by atoms with van der Waals surface area (Å²) in [4.78, 5) is 33.2. The number of amides is 1. The molecular formula is C23H21FN4O3S. The Morgan fingerprint density at radius 3 is 2.59 bits per heavy atom. The van der Waals surface area contributed by atoms with Crippen LogP contribution in [0, 0.1) is 12.7 Å². The molecule has 0 aliphatic heterocycles. The Kier molecular flexibility index (Phi) is 6.27. The van der Waals surface area contributed by atoms with Gasteiger partial charge in [0.15, 0.2) is 5.16 Å². The molecule has 32 heavy (non-hydrogen) atoms. The molecule has 0 unspecified atom stereocenters. The number of nitrogens with zero attached hydrogens (tertiary/aromatic N) is 2. The maximum Gasteiger partial charge on any atom is 0.283 e. The molecule has 0 fully saturated rings. The molecule has 2 heterocycles. The molecule has 0 bridgehead atoms. The highest BCUT2D eigenvalue weighted by Crippen LogP contribution is 2.22. The van der Waals surface area contributed by atoms with Gasteiger partial charge in [0.25, 0.3) is 5.56 Å². The van der Waals surface area contributed by atoms with Gasteiger partial charge in [-0.05, 0) is 55.0 Å². The van der Waals surface area contributed by atoms with Crippen molar-refractivity contribution in [3.8, 4) is 11.4 Å². The zero-order chi connectivity index (χ0) is 22.7. The molecule has 4 aromatic rings. The average Bonchev–Trinajstić information content (AvgIpc) is 3.18. The second-order valence-electron chi connectivity index (χ2n) is 7.14. The molecule has 9 heteroatoms. The lowest BCUT2D eigenvalue weighted by molar-refractivity contribution is -0.118. The summed E-state index contributed by atoms with van der Waals surface area (Å²) in [5, 5.41) is 3.21. The fraction of sp³-hybridized carbons (Fsp3) is 0.174. The number of nitrogens with one attached hydrogen (secondary N) is 2. The van der Waals surface area contributed by atoms with Gasteiger partial charge in [-0.3, -0.25) is 14.2 Å². The molecular weight excluding hydrogens is 431 g/mol. The van der Waals surface area contributed by atoms with E-state index < -0.39 is 5.82 Å². The first-order chi connectivity index (χ1) is 15.4. The minimum atomic E-state index is -0.404. The molecule has 2 N–H and O–H groups in total. The third-order valence-corrected chi connectivity index (χ3v) is 5.76. The smallest absolute Gasteiger partial charge is 0.283 e. The van der Waals surface area contributed by atoms with Crippen LogP contribution in [-0.4, -0.2) is 33.3 Å². The SMILES string of the molecule is COc1ccc(CNC(=O)CSc2nc3cc(C)[nH]c3c(=O)n2-c2ccc(F)cc2)cc1. The van der Waals surface area contributed by atoms with Gasteiger partial charge in [-0.2, -0.15) is 0 Å². The number of aryl methyl sites for hydroxylation is 1. The maximum atomic E-state index is 13.4. The highest BCUT2D eigenvalue weighted by molar-refractivity contribution is 7.99. The Balaban J connectivity index is 1.54. The Morgan fingerprint density at radius 2 is 1.91 bits per heavy atom. The fourth-order valence-electron chi connectivity index (χ4n) is 3.22. The van der Waals surface area contributed by atoms with E-state index in [1.165, 1.54) is 28.8 Å². The van der Waals surface area contributed by atoms with Gasteiger partial charge >= 0.3 is 0 Å². The van der Waals surface area contributed by atoms with Crippen molar-refractivity contribution in [2.75, 3.05) is 12.9 Å². The molecule has 0 aliphatic rings. The lowest BCUT2D eigenvalue weighted by Gasteiger charge is -2.12. The van der Waals surface area contributed by atoms with Crippen LogP contribution in [0.4, 0.5) is 4.39 Å². The number of H-pyrrole nitrogens is 1. The molecule has 0 radical (unpaired) electrons. The Bertz CT molecular complexity index is 1310. The van der Waals surface area contributed by atoms with Crippen LogP contribution in [0.1, 0.15) is 11.3 Å². The Hall–Kier alpha value is -3.59. The third-order valence-electron chi connectivity index (χ3n) is 4.82. The number of aromatic nitrogens is 3. The first kappa shape index (κ1) is 21.6. The number of thioether (sulfide) groups is 1. The molecule has 0 spiro atoms. The van der Waals surface area contributed by atoms with Crippen molar-refractivity contribution < 1.29 is 13.9 Å². The zero-order valence-corrected chi connectivity index (χ0v) is 18.3. The number of rotatable bonds is 7. The van der Waals surface area contributed by atoms with E-state index in [1.807, 2.05) is 31.2 Å². The lowest BCUT2D eigenvalue weighted by atomic mass is 10.2. The lowest BCUT2D eigenvalue weighted by Crippen LogP contribution is -2.26. The van der Waals surface area contributed by atoms with Gasteiger partial charge < -0.3 is 15.0 Å². The molecule has 0 saturated heterocycles.